The average Bonchev–Trinajstić information content (AvgIpc) is 2.42. The summed E-state index contributed by atoms with van der Waals surface area (Å²) in [5.74, 6) is 0.775. The minimum absolute atomic E-state index is 0.321. The van der Waals surface area contributed by atoms with Crippen molar-refractivity contribution in [2.24, 2.45) is 5.73 Å². The van der Waals surface area contributed by atoms with Crippen LogP contribution in [0, 0.1) is 0 Å². The van der Waals surface area contributed by atoms with Gasteiger partial charge < -0.3 is 5.73 Å². The first-order valence-corrected chi connectivity index (χ1v) is 9.15. The van der Waals surface area contributed by atoms with Crippen LogP contribution in [-0.4, -0.2) is 17.4 Å². The van der Waals surface area contributed by atoms with Crippen molar-refractivity contribution >= 4 is 16.9 Å². The normalized spacial score (nSPS) is 10.8. The number of nitrogens with two attached hydrogens (primary N) is 1. The van der Waals surface area contributed by atoms with Gasteiger partial charge in [0.1, 0.15) is 0 Å². The fourth-order valence-corrected chi connectivity index (χ4v) is 2.81. The fourth-order valence-electron chi connectivity index (χ4n) is 2.18. The molecular formula is C16H33NOS. The Balaban J connectivity index is 3.04. The van der Waals surface area contributed by atoms with Gasteiger partial charge in [0, 0.05) is 18.7 Å². The number of rotatable bonds is 14. The fraction of sp³-hybridized carbons (Fsp3) is 0.938. The molecule has 0 unspecified atom stereocenters. The van der Waals surface area contributed by atoms with Crippen molar-refractivity contribution in [1.29, 1.82) is 0 Å². The van der Waals surface area contributed by atoms with E-state index in [1.54, 1.807) is 0 Å². The third kappa shape index (κ3) is 15.9. The molecule has 0 fully saturated rings. The maximum atomic E-state index is 11.4. The third-order valence-electron chi connectivity index (χ3n) is 3.37. The Kier molecular flexibility index (Phi) is 16.0. The van der Waals surface area contributed by atoms with E-state index in [2.05, 4.69) is 6.92 Å². The number of carbonyl (C=O) groups excluding carboxylic acids is 1. The molecule has 0 aliphatic carbocycles. The number of thioether (sulfide) groups is 1. The van der Waals surface area contributed by atoms with E-state index in [9.17, 15) is 4.79 Å². The topological polar surface area (TPSA) is 43.1 Å². The van der Waals surface area contributed by atoms with E-state index in [-0.39, 0.29) is 0 Å². The highest BCUT2D eigenvalue weighted by Gasteiger charge is 2.01. The molecule has 0 atom stereocenters. The van der Waals surface area contributed by atoms with Crippen LogP contribution in [0.3, 0.4) is 0 Å². The monoisotopic (exact) mass is 287 g/mol. The minimum Gasteiger partial charge on any atom is -0.330 e. The third-order valence-corrected chi connectivity index (χ3v) is 4.33. The lowest BCUT2D eigenvalue weighted by Gasteiger charge is -2.02. The molecule has 2 nitrogen and oxygen atoms in total. The van der Waals surface area contributed by atoms with Gasteiger partial charge in [0.25, 0.3) is 0 Å². The van der Waals surface area contributed by atoms with Gasteiger partial charge in [-0.25, -0.2) is 0 Å². The number of hydrogen-bond donors (Lipinski definition) is 1. The van der Waals surface area contributed by atoms with E-state index in [1.165, 1.54) is 76.0 Å². The average molecular weight is 288 g/mol. The molecule has 0 aromatic carbocycles. The van der Waals surface area contributed by atoms with Crippen molar-refractivity contribution in [2.75, 3.05) is 12.3 Å². The molecule has 0 aliphatic rings. The molecular weight excluding hydrogens is 254 g/mol. The van der Waals surface area contributed by atoms with Gasteiger partial charge in [-0.05, 0) is 6.42 Å². The molecule has 0 heterocycles. The highest BCUT2D eigenvalue weighted by molar-refractivity contribution is 8.13. The summed E-state index contributed by atoms with van der Waals surface area (Å²) in [7, 11) is 0. The second-order valence-electron chi connectivity index (χ2n) is 5.29. The molecule has 114 valence electrons. The summed E-state index contributed by atoms with van der Waals surface area (Å²) < 4.78 is 0. The van der Waals surface area contributed by atoms with E-state index in [4.69, 9.17) is 5.73 Å². The SMILES string of the molecule is CCCCCCCCCCCCCC(=O)SCCN. The van der Waals surface area contributed by atoms with Gasteiger partial charge in [-0.2, -0.15) is 0 Å². The first kappa shape index (κ1) is 19.0. The standard InChI is InChI=1S/C16H33NOS/c1-2-3-4-5-6-7-8-9-10-11-12-13-16(18)19-15-14-17/h2-15,17H2,1H3. The zero-order chi connectivity index (χ0) is 14.2. The smallest absolute Gasteiger partial charge is 0.188 e. The summed E-state index contributed by atoms with van der Waals surface area (Å²) in [6.07, 6.45) is 15.4. The Morgan fingerprint density at radius 1 is 0.842 bits per heavy atom. The van der Waals surface area contributed by atoms with E-state index in [0.717, 1.165) is 18.6 Å². The molecule has 19 heavy (non-hydrogen) atoms. The molecule has 0 amide bonds. The molecule has 0 bridgehead atoms. The summed E-state index contributed by atoms with van der Waals surface area (Å²) in [4.78, 5) is 11.4. The number of unbranched alkanes of at least 4 members (excludes halogenated alkanes) is 10. The van der Waals surface area contributed by atoms with E-state index in [1.807, 2.05) is 0 Å². The van der Waals surface area contributed by atoms with Crippen LogP contribution in [0.4, 0.5) is 0 Å². The predicted molar refractivity (Wildman–Crippen MR) is 87.6 cm³/mol. The van der Waals surface area contributed by atoms with Crippen LogP contribution in [-0.2, 0) is 4.79 Å². The van der Waals surface area contributed by atoms with Gasteiger partial charge in [-0.15, -0.1) is 0 Å². The Morgan fingerprint density at radius 3 is 1.79 bits per heavy atom. The van der Waals surface area contributed by atoms with Crippen LogP contribution < -0.4 is 5.73 Å². The first-order valence-electron chi connectivity index (χ1n) is 8.17. The second kappa shape index (κ2) is 16.0. The zero-order valence-corrected chi connectivity index (χ0v) is 13.6. The van der Waals surface area contributed by atoms with Crippen LogP contribution in [0.25, 0.3) is 0 Å². The number of carbonyl (C=O) groups is 1. The lowest BCUT2D eigenvalue weighted by Crippen LogP contribution is -2.04. The first-order chi connectivity index (χ1) is 9.31. The van der Waals surface area contributed by atoms with Crippen molar-refractivity contribution in [3.63, 3.8) is 0 Å². The molecule has 0 aromatic heterocycles. The molecule has 0 saturated carbocycles. The highest BCUT2D eigenvalue weighted by atomic mass is 32.2. The van der Waals surface area contributed by atoms with E-state index < -0.39 is 0 Å². The quantitative estimate of drug-likeness (QED) is 0.462. The Bertz CT molecular complexity index is 197. The molecule has 0 rings (SSSR count). The summed E-state index contributed by atoms with van der Waals surface area (Å²) in [5, 5.41) is 0.321. The minimum atomic E-state index is 0.321. The Hall–Kier alpha value is -0.0200. The lowest BCUT2D eigenvalue weighted by atomic mass is 10.1. The van der Waals surface area contributed by atoms with E-state index >= 15 is 0 Å². The predicted octanol–water partition coefficient (Wildman–Crippen LogP) is 4.91. The lowest BCUT2D eigenvalue weighted by molar-refractivity contribution is -0.111. The van der Waals surface area contributed by atoms with Gasteiger partial charge in [-0.1, -0.05) is 82.9 Å². The van der Waals surface area contributed by atoms with Crippen LogP contribution >= 0.6 is 11.8 Å². The van der Waals surface area contributed by atoms with Crippen molar-refractivity contribution < 1.29 is 4.79 Å². The van der Waals surface area contributed by atoms with Crippen molar-refractivity contribution in [2.45, 2.75) is 84.0 Å². The molecule has 2 N–H and O–H groups in total. The maximum absolute atomic E-state index is 11.4. The summed E-state index contributed by atoms with van der Waals surface area (Å²) in [5.41, 5.74) is 5.36. The van der Waals surface area contributed by atoms with E-state index in [0.29, 0.717) is 11.7 Å². The van der Waals surface area contributed by atoms with Crippen LogP contribution in [0.1, 0.15) is 84.0 Å². The Labute approximate surface area is 124 Å². The van der Waals surface area contributed by atoms with Crippen molar-refractivity contribution in [3.05, 3.63) is 0 Å². The molecule has 0 spiro atoms. The van der Waals surface area contributed by atoms with Crippen LogP contribution in [0.2, 0.25) is 0 Å². The summed E-state index contributed by atoms with van der Waals surface area (Å²) in [6.45, 7) is 2.87. The van der Waals surface area contributed by atoms with Gasteiger partial charge in [0.15, 0.2) is 5.12 Å². The van der Waals surface area contributed by atoms with Crippen LogP contribution in [0.5, 0.6) is 0 Å². The summed E-state index contributed by atoms with van der Waals surface area (Å²) >= 11 is 1.39. The van der Waals surface area contributed by atoms with Gasteiger partial charge in [0.2, 0.25) is 0 Å². The largest absolute Gasteiger partial charge is 0.330 e. The summed E-state index contributed by atoms with van der Waals surface area (Å²) in [6, 6.07) is 0. The van der Waals surface area contributed by atoms with Gasteiger partial charge in [0.05, 0.1) is 0 Å². The Morgan fingerprint density at radius 2 is 1.32 bits per heavy atom. The molecule has 0 aromatic rings. The molecule has 0 saturated heterocycles. The van der Waals surface area contributed by atoms with Gasteiger partial charge in [-0.3, -0.25) is 4.79 Å². The van der Waals surface area contributed by atoms with Crippen molar-refractivity contribution in [1.82, 2.24) is 0 Å². The highest BCUT2D eigenvalue weighted by Crippen LogP contribution is 2.13. The maximum Gasteiger partial charge on any atom is 0.188 e. The molecule has 0 radical (unpaired) electrons. The zero-order valence-electron chi connectivity index (χ0n) is 12.8. The molecule has 3 heteroatoms. The van der Waals surface area contributed by atoms with Crippen molar-refractivity contribution in [3.8, 4) is 0 Å². The second-order valence-corrected chi connectivity index (χ2v) is 6.45. The van der Waals surface area contributed by atoms with Gasteiger partial charge >= 0.3 is 0 Å². The number of hydrogen-bond acceptors (Lipinski definition) is 3. The molecule has 0 aliphatic heterocycles. The van der Waals surface area contributed by atoms with Crippen LogP contribution in [0.15, 0.2) is 0 Å².